The maximum Gasteiger partial charge on any atom is 0.222 e. The standard InChI is InChI=1S/C18H35N5O2/c1-4-19-18(21-7-6-20-17(24)15(2)3)23-8-5-16(14-23)13-22-9-11-25-12-10-22/h15-16H,4-14H2,1-3H3,(H,19,21)(H,20,24). The van der Waals surface area contributed by atoms with Crippen LogP contribution in [0.15, 0.2) is 4.99 Å². The number of nitrogens with one attached hydrogen (secondary N) is 2. The van der Waals surface area contributed by atoms with Crippen LogP contribution in [0.3, 0.4) is 0 Å². The van der Waals surface area contributed by atoms with Crippen LogP contribution in [-0.2, 0) is 9.53 Å². The summed E-state index contributed by atoms with van der Waals surface area (Å²) in [5.41, 5.74) is 0. The van der Waals surface area contributed by atoms with Crippen LogP contribution in [-0.4, -0.2) is 87.2 Å². The molecule has 1 amide bonds. The second kappa shape index (κ2) is 10.6. The van der Waals surface area contributed by atoms with Crippen molar-refractivity contribution in [3.63, 3.8) is 0 Å². The molecule has 0 aliphatic carbocycles. The number of hydrogen-bond acceptors (Lipinski definition) is 4. The van der Waals surface area contributed by atoms with Gasteiger partial charge in [0.15, 0.2) is 5.96 Å². The molecule has 2 aliphatic rings. The molecule has 2 N–H and O–H groups in total. The Morgan fingerprint density at radius 3 is 2.68 bits per heavy atom. The zero-order chi connectivity index (χ0) is 18.1. The zero-order valence-electron chi connectivity index (χ0n) is 16.1. The number of rotatable bonds is 7. The highest BCUT2D eigenvalue weighted by Crippen LogP contribution is 2.18. The van der Waals surface area contributed by atoms with Crippen LogP contribution < -0.4 is 10.6 Å². The molecule has 0 aromatic heterocycles. The minimum atomic E-state index is 0.0248. The van der Waals surface area contributed by atoms with Gasteiger partial charge in [0.05, 0.1) is 19.8 Å². The predicted octanol–water partition coefficient (Wildman–Crippen LogP) is 0.378. The SMILES string of the molecule is CCNC(=NCCNC(=O)C(C)C)N1CCC(CN2CCOCC2)C1. The van der Waals surface area contributed by atoms with E-state index in [0.717, 1.165) is 58.4 Å². The summed E-state index contributed by atoms with van der Waals surface area (Å²) in [7, 11) is 0. The molecule has 2 saturated heterocycles. The highest BCUT2D eigenvalue weighted by Gasteiger charge is 2.27. The lowest BCUT2D eigenvalue weighted by atomic mass is 10.1. The Morgan fingerprint density at radius 1 is 1.24 bits per heavy atom. The summed E-state index contributed by atoms with van der Waals surface area (Å²) in [4.78, 5) is 21.2. The van der Waals surface area contributed by atoms with Gasteiger partial charge in [-0.3, -0.25) is 14.7 Å². The molecule has 0 aromatic carbocycles. The van der Waals surface area contributed by atoms with Gasteiger partial charge in [0.2, 0.25) is 5.91 Å². The summed E-state index contributed by atoms with van der Waals surface area (Å²) in [6, 6.07) is 0. The molecule has 0 bridgehead atoms. The molecule has 7 heteroatoms. The molecular weight excluding hydrogens is 318 g/mol. The summed E-state index contributed by atoms with van der Waals surface area (Å²) in [5.74, 6) is 1.79. The molecule has 0 spiro atoms. The predicted molar refractivity (Wildman–Crippen MR) is 101 cm³/mol. The van der Waals surface area contributed by atoms with E-state index in [2.05, 4.69) is 27.4 Å². The van der Waals surface area contributed by atoms with Gasteiger partial charge < -0.3 is 20.3 Å². The van der Waals surface area contributed by atoms with E-state index in [1.807, 2.05) is 13.8 Å². The molecule has 7 nitrogen and oxygen atoms in total. The third-order valence-electron chi connectivity index (χ3n) is 4.74. The maximum atomic E-state index is 11.6. The van der Waals surface area contributed by atoms with E-state index in [0.29, 0.717) is 19.0 Å². The number of aliphatic imine (C=N–C) groups is 1. The summed E-state index contributed by atoms with van der Waals surface area (Å²) in [6.45, 7) is 15.1. The fraction of sp³-hybridized carbons (Fsp3) is 0.889. The molecule has 1 unspecified atom stereocenters. The normalized spacial score (nSPS) is 22.5. The van der Waals surface area contributed by atoms with Gasteiger partial charge >= 0.3 is 0 Å². The second-order valence-corrected chi connectivity index (χ2v) is 7.20. The number of carbonyl (C=O) groups is 1. The van der Waals surface area contributed by atoms with E-state index < -0.39 is 0 Å². The molecule has 0 radical (unpaired) electrons. The monoisotopic (exact) mass is 353 g/mol. The number of ether oxygens (including phenoxy) is 1. The number of nitrogens with zero attached hydrogens (tertiary/aromatic N) is 3. The summed E-state index contributed by atoms with van der Waals surface area (Å²) >= 11 is 0. The minimum Gasteiger partial charge on any atom is -0.379 e. The Bertz CT molecular complexity index is 435. The van der Waals surface area contributed by atoms with Crippen molar-refractivity contribution < 1.29 is 9.53 Å². The largest absolute Gasteiger partial charge is 0.379 e. The van der Waals surface area contributed by atoms with Crippen LogP contribution in [0.5, 0.6) is 0 Å². The third kappa shape index (κ3) is 6.82. The van der Waals surface area contributed by atoms with Gasteiger partial charge in [0, 0.05) is 51.7 Å². The molecular formula is C18H35N5O2. The number of amides is 1. The van der Waals surface area contributed by atoms with Crippen molar-refractivity contribution in [3.05, 3.63) is 0 Å². The van der Waals surface area contributed by atoms with Gasteiger partial charge in [-0.25, -0.2) is 0 Å². The van der Waals surface area contributed by atoms with Gasteiger partial charge in [0.1, 0.15) is 0 Å². The highest BCUT2D eigenvalue weighted by atomic mass is 16.5. The molecule has 25 heavy (non-hydrogen) atoms. The van der Waals surface area contributed by atoms with Crippen LogP contribution >= 0.6 is 0 Å². The Labute approximate surface area is 152 Å². The lowest BCUT2D eigenvalue weighted by molar-refractivity contribution is -0.123. The Balaban J connectivity index is 1.77. The maximum absolute atomic E-state index is 11.6. The third-order valence-corrected chi connectivity index (χ3v) is 4.74. The van der Waals surface area contributed by atoms with Crippen LogP contribution in [0.4, 0.5) is 0 Å². The van der Waals surface area contributed by atoms with Crippen molar-refractivity contribution in [2.75, 3.05) is 65.6 Å². The zero-order valence-corrected chi connectivity index (χ0v) is 16.1. The average molecular weight is 354 g/mol. The molecule has 2 fully saturated rings. The number of morpholine rings is 1. The first-order valence-electron chi connectivity index (χ1n) is 9.71. The van der Waals surface area contributed by atoms with E-state index in [9.17, 15) is 4.79 Å². The summed E-state index contributed by atoms with van der Waals surface area (Å²) < 4.78 is 5.43. The number of carbonyl (C=O) groups excluding carboxylic acids is 1. The molecule has 144 valence electrons. The van der Waals surface area contributed by atoms with E-state index >= 15 is 0 Å². The summed E-state index contributed by atoms with van der Waals surface area (Å²) in [6.07, 6.45) is 1.21. The Kier molecular flexibility index (Phi) is 8.48. The molecule has 2 rings (SSSR count). The van der Waals surface area contributed by atoms with Gasteiger partial charge in [-0.05, 0) is 19.3 Å². The second-order valence-electron chi connectivity index (χ2n) is 7.20. The van der Waals surface area contributed by atoms with Crippen molar-refractivity contribution in [1.82, 2.24) is 20.4 Å². The number of guanidine groups is 1. The van der Waals surface area contributed by atoms with E-state index in [-0.39, 0.29) is 11.8 Å². The Hall–Kier alpha value is -1.34. The lowest BCUT2D eigenvalue weighted by Gasteiger charge is -2.29. The average Bonchev–Trinajstić information content (AvgIpc) is 3.06. The van der Waals surface area contributed by atoms with E-state index in [1.54, 1.807) is 0 Å². The molecule has 0 aromatic rings. The van der Waals surface area contributed by atoms with Gasteiger partial charge in [-0.2, -0.15) is 0 Å². The highest BCUT2D eigenvalue weighted by molar-refractivity contribution is 5.80. The molecule has 2 heterocycles. The Morgan fingerprint density at radius 2 is 2.00 bits per heavy atom. The van der Waals surface area contributed by atoms with E-state index in [1.165, 1.54) is 6.42 Å². The molecule has 1 atom stereocenters. The van der Waals surface area contributed by atoms with Crippen LogP contribution in [0.2, 0.25) is 0 Å². The van der Waals surface area contributed by atoms with Gasteiger partial charge in [-0.15, -0.1) is 0 Å². The van der Waals surface area contributed by atoms with Gasteiger partial charge in [-0.1, -0.05) is 13.8 Å². The molecule has 2 aliphatic heterocycles. The van der Waals surface area contributed by atoms with Crippen molar-refractivity contribution in [2.45, 2.75) is 27.2 Å². The topological polar surface area (TPSA) is 69.2 Å². The summed E-state index contributed by atoms with van der Waals surface area (Å²) in [5, 5.41) is 6.31. The minimum absolute atomic E-state index is 0.0248. The first kappa shape index (κ1) is 20.0. The van der Waals surface area contributed by atoms with Crippen LogP contribution in [0.25, 0.3) is 0 Å². The first-order chi connectivity index (χ1) is 12.1. The van der Waals surface area contributed by atoms with Crippen LogP contribution in [0, 0.1) is 11.8 Å². The van der Waals surface area contributed by atoms with Gasteiger partial charge in [0.25, 0.3) is 0 Å². The van der Waals surface area contributed by atoms with Crippen molar-refractivity contribution in [3.8, 4) is 0 Å². The quantitative estimate of drug-likeness (QED) is 0.393. The number of likely N-dealkylation sites (tertiary alicyclic amines) is 1. The van der Waals surface area contributed by atoms with Crippen molar-refractivity contribution in [1.29, 1.82) is 0 Å². The smallest absolute Gasteiger partial charge is 0.222 e. The van der Waals surface area contributed by atoms with Crippen molar-refractivity contribution in [2.24, 2.45) is 16.8 Å². The van der Waals surface area contributed by atoms with Crippen LogP contribution in [0.1, 0.15) is 27.2 Å². The fourth-order valence-electron chi connectivity index (χ4n) is 3.29. The van der Waals surface area contributed by atoms with E-state index in [4.69, 9.17) is 9.73 Å². The number of hydrogen-bond donors (Lipinski definition) is 2. The fourth-order valence-corrected chi connectivity index (χ4v) is 3.29. The molecule has 0 saturated carbocycles. The lowest BCUT2D eigenvalue weighted by Crippen LogP contribution is -2.42. The van der Waals surface area contributed by atoms with Crippen molar-refractivity contribution >= 4 is 11.9 Å². The first-order valence-corrected chi connectivity index (χ1v) is 9.71.